The lowest BCUT2D eigenvalue weighted by atomic mass is 10.1. The average Bonchev–Trinajstić information content (AvgIpc) is 2.79. The van der Waals surface area contributed by atoms with Gasteiger partial charge in [0.1, 0.15) is 5.82 Å². The molecule has 7 nitrogen and oxygen atoms in total. The third-order valence-electron chi connectivity index (χ3n) is 5.34. The normalized spacial score (nSPS) is 14.2. The molecule has 4 rings (SSSR count). The fourth-order valence-electron chi connectivity index (χ4n) is 3.67. The number of ether oxygens (including phenoxy) is 2. The predicted octanol–water partition coefficient (Wildman–Crippen LogP) is 3.43. The number of benzene rings is 1. The predicted molar refractivity (Wildman–Crippen MR) is 110 cm³/mol. The molecule has 2 aromatic heterocycles. The maximum Gasteiger partial charge on any atom is 0.416 e. The van der Waals surface area contributed by atoms with Crippen molar-refractivity contribution in [3.63, 3.8) is 0 Å². The molecule has 1 aromatic carbocycles. The fraction of sp³-hybridized carbons (Fsp3) is 0.318. The van der Waals surface area contributed by atoms with Gasteiger partial charge in [-0.25, -0.2) is 4.98 Å². The highest BCUT2D eigenvalue weighted by Crippen LogP contribution is 2.30. The first kappa shape index (κ1) is 21.8. The number of rotatable bonds is 5. The summed E-state index contributed by atoms with van der Waals surface area (Å²) in [5, 5.41) is 0. The number of pyridine rings is 1. The largest absolute Gasteiger partial charge is 0.481 e. The first-order chi connectivity index (χ1) is 15.3. The summed E-state index contributed by atoms with van der Waals surface area (Å²) in [7, 11) is 3.06. The molecule has 0 fully saturated rings. The lowest BCUT2D eigenvalue weighted by molar-refractivity contribution is -0.137. The molecule has 0 spiro atoms. The number of methoxy groups -OCH3 is 2. The molecule has 3 aromatic rings. The van der Waals surface area contributed by atoms with Crippen LogP contribution in [0, 0.1) is 0 Å². The molecule has 3 heterocycles. The highest BCUT2D eigenvalue weighted by Gasteiger charge is 2.30. The van der Waals surface area contributed by atoms with Gasteiger partial charge in [-0.1, -0.05) is 12.1 Å². The van der Waals surface area contributed by atoms with Crippen molar-refractivity contribution in [3.8, 4) is 23.1 Å². The standard InChI is InChI=1S/C22H21F3N4O3/c1-31-18-8-5-14(21(27-18)32-2)11-29-10-9-17-16(12-29)20(30)28-19(26-17)13-3-6-15(7-4-13)22(23,24)25/h3-8H,9-12H2,1-2H3,(H,26,28,30). The summed E-state index contributed by atoms with van der Waals surface area (Å²) >= 11 is 0. The number of H-pyrrole nitrogens is 1. The van der Waals surface area contributed by atoms with Gasteiger partial charge in [0.05, 0.1) is 31.0 Å². The number of fused-ring (bicyclic) bond motifs is 1. The van der Waals surface area contributed by atoms with Gasteiger partial charge in [-0.15, -0.1) is 0 Å². The maximum absolute atomic E-state index is 12.8. The van der Waals surface area contributed by atoms with Crippen LogP contribution in [0.2, 0.25) is 0 Å². The van der Waals surface area contributed by atoms with Crippen molar-refractivity contribution in [2.45, 2.75) is 25.7 Å². The van der Waals surface area contributed by atoms with E-state index in [1.165, 1.54) is 26.4 Å². The van der Waals surface area contributed by atoms with E-state index in [0.29, 0.717) is 54.6 Å². The van der Waals surface area contributed by atoms with Crippen LogP contribution in [0.4, 0.5) is 13.2 Å². The number of hydrogen-bond donors (Lipinski definition) is 1. The minimum Gasteiger partial charge on any atom is -0.481 e. The summed E-state index contributed by atoms with van der Waals surface area (Å²) in [5.74, 6) is 1.17. The molecule has 1 aliphatic heterocycles. The topological polar surface area (TPSA) is 80.3 Å². The number of nitrogens with zero attached hydrogens (tertiary/aromatic N) is 3. The van der Waals surface area contributed by atoms with Crippen LogP contribution in [-0.4, -0.2) is 40.6 Å². The molecule has 0 radical (unpaired) electrons. The fourth-order valence-corrected chi connectivity index (χ4v) is 3.67. The highest BCUT2D eigenvalue weighted by molar-refractivity contribution is 5.56. The number of aromatic amines is 1. The molecule has 32 heavy (non-hydrogen) atoms. The Labute approximate surface area is 181 Å². The van der Waals surface area contributed by atoms with Crippen LogP contribution >= 0.6 is 0 Å². The van der Waals surface area contributed by atoms with E-state index in [4.69, 9.17) is 9.47 Å². The van der Waals surface area contributed by atoms with Crippen LogP contribution in [0.3, 0.4) is 0 Å². The Morgan fingerprint density at radius 3 is 2.47 bits per heavy atom. The molecule has 168 valence electrons. The average molecular weight is 446 g/mol. The van der Waals surface area contributed by atoms with Gasteiger partial charge in [0.25, 0.3) is 5.56 Å². The van der Waals surface area contributed by atoms with Crippen molar-refractivity contribution in [3.05, 3.63) is 69.1 Å². The number of nitrogens with one attached hydrogen (secondary N) is 1. The molecule has 0 unspecified atom stereocenters. The van der Waals surface area contributed by atoms with Crippen LogP contribution in [0.15, 0.2) is 41.2 Å². The first-order valence-corrected chi connectivity index (χ1v) is 9.88. The molecule has 0 atom stereocenters. The van der Waals surface area contributed by atoms with E-state index in [-0.39, 0.29) is 11.4 Å². The number of halogens is 3. The molecule has 0 aliphatic carbocycles. The van der Waals surface area contributed by atoms with Gasteiger partial charge in [-0.2, -0.15) is 18.2 Å². The van der Waals surface area contributed by atoms with Crippen LogP contribution < -0.4 is 15.0 Å². The SMILES string of the molecule is COc1ccc(CN2CCc3nc(-c4ccc(C(F)(F)F)cc4)[nH]c(=O)c3C2)c(OC)n1. The van der Waals surface area contributed by atoms with Crippen molar-refractivity contribution < 1.29 is 22.6 Å². The van der Waals surface area contributed by atoms with Gasteiger partial charge >= 0.3 is 6.18 Å². The Bertz CT molecular complexity index is 1180. The quantitative estimate of drug-likeness (QED) is 0.647. The van der Waals surface area contributed by atoms with Crippen molar-refractivity contribution >= 4 is 0 Å². The lowest BCUT2D eigenvalue weighted by Gasteiger charge is -2.28. The molecule has 0 saturated heterocycles. The Morgan fingerprint density at radius 2 is 1.81 bits per heavy atom. The summed E-state index contributed by atoms with van der Waals surface area (Å²) in [6, 6.07) is 8.20. The second-order valence-electron chi connectivity index (χ2n) is 7.40. The lowest BCUT2D eigenvalue weighted by Crippen LogP contribution is -2.35. The third kappa shape index (κ3) is 4.45. The maximum atomic E-state index is 12.8. The van der Waals surface area contributed by atoms with Gasteiger partial charge in [0, 0.05) is 43.2 Å². The van der Waals surface area contributed by atoms with Gasteiger partial charge in [0.2, 0.25) is 11.8 Å². The summed E-state index contributed by atoms with van der Waals surface area (Å²) in [5.41, 5.74) is 1.44. The summed E-state index contributed by atoms with van der Waals surface area (Å²) in [4.78, 5) is 26.3. The zero-order valence-corrected chi connectivity index (χ0v) is 17.5. The van der Waals surface area contributed by atoms with Gasteiger partial charge in [0.15, 0.2) is 0 Å². The van der Waals surface area contributed by atoms with Crippen LogP contribution in [-0.2, 0) is 25.7 Å². The summed E-state index contributed by atoms with van der Waals surface area (Å²) < 4.78 is 48.8. The second-order valence-corrected chi connectivity index (χ2v) is 7.40. The smallest absolute Gasteiger partial charge is 0.416 e. The summed E-state index contributed by atoms with van der Waals surface area (Å²) in [6.45, 7) is 1.57. The van der Waals surface area contributed by atoms with Gasteiger partial charge < -0.3 is 14.5 Å². The molecule has 1 N–H and O–H groups in total. The monoisotopic (exact) mass is 446 g/mol. The summed E-state index contributed by atoms with van der Waals surface area (Å²) in [6.07, 6.45) is -3.88. The zero-order valence-electron chi connectivity index (χ0n) is 17.5. The van der Waals surface area contributed by atoms with Crippen LogP contribution in [0.1, 0.15) is 22.4 Å². The second kappa shape index (κ2) is 8.62. The Balaban J connectivity index is 1.55. The van der Waals surface area contributed by atoms with E-state index in [1.54, 1.807) is 6.07 Å². The number of aromatic nitrogens is 3. The van der Waals surface area contributed by atoms with Gasteiger partial charge in [-0.05, 0) is 18.2 Å². The minimum atomic E-state index is -4.42. The van der Waals surface area contributed by atoms with Gasteiger partial charge in [-0.3, -0.25) is 9.69 Å². The Hall–Kier alpha value is -3.40. The van der Waals surface area contributed by atoms with E-state index >= 15 is 0 Å². The Morgan fingerprint density at radius 1 is 1.06 bits per heavy atom. The molecule has 0 bridgehead atoms. The minimum absolute atomic E-state index is 0.261. The van der Waals surface area contributed by atoms with E-state index < -0.39 is 11.7 Å². The van der Waals surface area contributed by atoms with Crippen molar-refractivity contribution in [1.82, 2.24) is 19.9 Å². The van der Waals surface area contributed by atoms with Crippen LogP contribution in [0.5, 0.6) is 11.8 Å². The van der Waals surface area contributed by atoms with E-state index in [1.807, 2.05) is 6.07 Å². The van der Waals surface area contributed by atoms with E-state index in [0.717, 1.165) is 17.7 Å². The molecule has 10 heteroatoms. The Kier molecular flexibility index (Phi) is 5.88. The zero-order chi connectivity index (χ0) is 22.9. The van der Waals surface area contributed by atoms with Crippen molar-refractivity contribution in [2.24, 2.45) is 0 Å². The van der Waals surface area contributed by atoms with Crippen molar-refractivity contribution in [1.29, 1.82) is 0 Å². The molecule has 0 amide bonds. The molecular formula is C22H21F3N4O3. The van der Waals surface area contributed by atoms with Crippen molar-refractivity contribution in [2.75, 3.05) is 20.8 Å². The highest BCUT2D eigenvalue weighted by atomic mass is 19.4. The molecule has 0 saturated carbocycles. The molecular weight excluding hydrogens is 425 g/mol. The van der Waals surface area contributed by atoms with E-state index in [9.17, 15) is 18.0 Å². The number of hydrogen-bond acceptors (Lipinski definition) is 6. The van der Waals surface area contributed by atoms with Crippen LogP contribution in [0.25, 0.3) is 11.4 Å². The third-order valence-corrected chi connectivity index (χ3v) is 5.34. The van der Waals surface area contributed by atoms with E-state index in [2.05, 4.69) is 19.9 Å². The number of alkyl halides is 3. The first-order valence-electron chi connectivity index (χ1n) is 9.88. The molecule has 1 aliphatic rings.